The van der Waals surface area contributed by atoms with E-state index in [-0.39, 0.29) is 25.9 Å². The first-order chi connectivity index (χ1) is 22.7. The standard InChI is InChI=1S/2C16H16N4O4/c1-8-15(9(2)24-19-8)16-18-11-5-10(6-14(22)23)3-4-12(11)20(16)7-13(17)21;1-8-15(9(2)24-19-8)16-18-11-4-3-10(6-14(22)23)5-12(11)20(16)7-13(17)21/h2*3-5H,6-7H2,1-2H3,(H2,17,21)(H,22,23). The predicted molar refractivity (Wildman–Crippen MR) is 170 cm³/mol. The van der Waals surface area contributed by atoms with Gasteiger partial charge >= 0.3 is 11.9 Å². The number of aryl methyl sites for hydroxylation is 4. The van der Waals surface area contributed by atoms with Crippen LogP contribution in [0, 0.1) is 27.7 Å². The molecule has 6 N–H and O–H groups in total. The highest BCUT2D eigenvalue weighted by molar-refractivity contribution is 5.87. The molecule has 16 heteroatoms. The van der Waals surface area contributed by atoms with Gasteiger partial charge in [-0.25, -0.2) is 9.97 Å². The summed E-state index contributed by atoms with van der Waals surface area (Å²) >= 11 is 0. The highest BCUT2D eigenvalue weighted by Gasteiger charge is 2.23. The molecule has 6 aromatic rings. The third kappa shape index (κ3) is 6.76. The molecule has 0 atom stereocenters. The van der Waals surface area contributed by atoms with E-state index in [1.165, 1.54) is 0 Å². The molecule has 4 aromatic heterocycles. The zero-order valence-corrected chi connectivity index (χ0v) is 26.5. The Labute approximate surface area is 271 Å². The zero-order valence-electron chi connectivity index (χ0n) is 26.5. The number of nitrogens with two attached hydrogens (primary N) is 2. The van der Waals surface area contributed by atoms with Gasteiger partial charge in [-0.2, -0.15) is 0 Å². The minimum Gasteiger partial charge on any atom is -0.481 e. The molecule has 0 unspecified atom stereocenters. The van der Waals surface area contributed by atoms with Crippen molar-refractivity contribution in [3.63, 3.8) is 0 Å². The minimum absolute atomic E-state index is 0.0474. The lowest BCUT2D eigenvalue weighted by Gasteiger charge is -2.07. The number of aromatic nitrogens is 6. The number of primary amides is 2. The van der Waals surface area contributed by atoms with Gasteiger partial charge in [-0.05, 0) is 63.1 Å². The van der Waals surface area contributed by atoms with Crippen LogP contribution in [-0.2, 0) is 45.1 Å². The maximum Gasteiger partial charge on any atom is 0.307 e. The lowest BCUT2D eigenvalue weighted by Crippen LogP contribution is -2.19. The summed E-state index contributed by atoms with van der Waals surface area (Å²) in [5.74, 6) is -0.667. The smallest absolute Gasteiger partial charge is 0.307 e. The van der Waals surface area contributed by atoms with Crippen LogP contribution in [0.2, 0.25) is 0 Å². The molecule has 0 aliphatic heterocycles. The number of nitrogens with zero attached hydrogens (tertiary/aromatic N) is 6. The summed E-state index contributed by atoms with van der Waals surface area (Å²) in [5, 5.41) is 25.7. The van der Waals surface area contributed by atoms with E-state index in [9.17, 15) is 19.2 Å². The Balaban J connectivity index is 0.000000188. The fraction of sp³-hybridized carbons (Fsp3) is 0.250. The van der Waals surface area contributed by atoms with Crippen molar-refractivity contribution in [1.29, 1.82) is 0 Å². The number of amides is 2. The van der Waals surface area contributed by atoms with Crippen LogP contribution in [0.1, 0.15) is 34.0 Å². The quantitative estimate of drug-likeness (QED) is 0.166. The second kappa shape index (κ2) is 13.2. The van der Waals surface area contributed by atoms with Crippen LogP contribution in [0.3, 0.4) is 0 Å². The lowest BCUT2D eigenvalue weighted by atomic mass is 10.1. The van der Waals surface area contributed by atoms with Crippen molar-refractivity contribution < 1.29 is 38.4 Å². The first kappa shape index (κ1) is 33.1. The van der Waals surface area contributed by atoms with E-state index in [2.05, 4.69) is 20.3 Å². The van der Waals surface area contributed by atoms with Gasteiger partial charge in [0.05, 0.1) is 57.4 Å². The van der Waals surface area contributed by atoms with Crippen LogP contribution in [0.5, 0.6) is 0 Å². The normalized spacial score (nSPS) is 11.1. The van der Waals surface area contributed by atoms with Crippen molar-refractivity contribution in [3.05, 3.63) is 70.4 Å². The van der Waals surface area contributed by atoms with Gasteiger partial charge in [0.25, 0.3) is 0 Å². The molecule has 0 spiro atoms. The Kier molecular flexibility index (Phi) is 9.08. The van der Waals surface area contributed by atoms with Crippen LogP contribution >= 0.6 is 0 Å². The second-order valence-corrected chi connectivity index (χ2v) is 11.2. The Hall–Kier alpha value is -6.32. The molecule has 2 amide bonds. The molecule has 0 saturated carbocycles. The highest BCUT2D eigenvalue weighted by Crippen LogP contribution is 2.31. The van der Waals surface area contributed by atoms with Gasteiger partial charge in [-0.1, -0.05) is 22.4 Å². The molecule has 2 aromatic carbocycles. The molecule has 0 bridgehead atoms. The minimum atomic E-state index is -0.929. The fourth-order valence-corrected chi connectivity index (χ4v) is 5.53. The molecule has 16 nitrogen and oxygen atoms in total. The average Bonchev–Trinajstić information content (AvgIpc) is 3.71. The molecule has 6 rings (SSSR count). The van der Waals surface area contributed by atoms with Crippen LogP contribution < -0.4 is 11.5 Å². The highest BCUT2D eigenvalue weighted by atomic mass is 16.5. The molecular formula is C32H32N8O8. The van der Waals surface area contributed by atoms with Crippen LogP contribution in [0.4, 0.5) is 0 Å². The van der Waals surface area contributed by atoms with Gasteiger partial charge < -0.3 is 39.9 Å². The predicted octanol–water partition coefficient (Wildman–Crippen LogP) is 2.84. The summed E-state index contributed by atoms with van der Waals surface area (Å²) in [5.41, 5.74) is 17.2. The number of fused-ring (bicyclic) bond motifs is 2. The number of carbonyl (C=O) groups excluding carboxylic acids is 2. The molecule has 248 valence electrons. The largest absolute Gasteiger partial charge is 0.481 e. The number of carboxylic acids is 2. The number of hydrogen-bond acceptors (Lipinski definition) is 10. The molecule has 0 fully saturated rings. The molecule has 0 saturated heterocycles. The summed E-state index contributed by atoms with van der Waals surface area (Å²) in [4.78, 5) is 53.9. The van der Waals surface area contributed by atoms with Gasteiger partial charge in [0.1, 0.15) is 36.3 Å². The van der Waals surface area contributed by atoms with E-state index in [0.29, 0.717) is 78.9 Å². The number of carboxylic acid groups (broad SMARTS) is 2. The van der Waals surface area contributed by atoms with Crippen molar-refractivity contribution in [1.82, 2.24) is 29.4 Å². The van der Waals surface area contributed by atoms with Crippen molar-refractivity contribution in [3.8, 4) is 22.8 Å². The SMILES string of the molecule is Cc1noc(C)c1-c1nc2cc(CC(=O)O)ccc2n1CC(N)=O.Cc1noc(C)c1-c1nc2ccc(CC(=O)O)cc2n1CC(N)=O. The average molecular weight is 657 g/mol. The number of carbonyl (C=O) groups is 4. The van der Waals surface area contributed by atoms with E-state index < -0.39 is 23.8 Å². The van der Waals surface area contributed by atoms with Crippen LogP contribution in [0.15, 0.2) is 45.4 Å². The van der Waals surface area contributed by atoms with Crippen molar-refractivity contribution in [2.24, 2.45) is 11.5 Å². The van der Waals surface area contributed by atoms with E-state index in [4.69, 9.17) is 30.7 Å². The molecule has 0 radical (unpaired) electrons. The van der Waals surface area contributed by atoms with Gasteiger partial charge in [0.15, 0.2) is 0 Å². The summed E-state index contributed by atoms with van der Waals surface area (Å²) in [6.45, 7) is 6.98. The van der Waals surface area contributed by atoms with Crippen molar-refractivity contribution in [2.75, 3.05) is 0 Å². The summed E-state index contributed by atoms with van der Waals surface area (Å²) < 4.78 is 13.7. The molecule has 0 aliphatic carbocycles. The molecular weight excluding hydrogens is 624 g/mol. The van der Waals surface area contributed by atoms with Gasteiger partial charge in [0.2, 0.25) is 11.8 Å². The summed E-state index contributed by atoms with van der Waals surface area (Å²) in [7, 11) is 0. The zero-order chi connectivity index (χ0) is 34.9. The number of rotatable bonds is 10. The number of benzene rings is 2. The van der Waals surface area contributed by atoms with Gasteiger partial charge in [0, 0.05) is 0 Å². The Morgan fingerprint density at radius 3 is 1.58 bits per heavy atom. The summed E-state index contributed by atoms with van der Waals surface area (Å²) in [6.07, 6.45) is -0.211. The third-order valence-electron chi connectivity index (χ3n) is 7.48. The maximum absolute atomic E-state index is 11.5. The van der Waals surface area contributed by atoms with Gasteiger partial charge in [-0.3, -0.25) is 19.2 Å². The first-order valence-electron chi connectivity index (χ1n) is 14.6. The molecule has 4 heterocycles. The second-order valence-electron chi connectivity index (χ2n) is 11.2. The number of aliphatic carboxylic acids is 2. The Bertz CT molecular complexity index is 2140. The van der Waals surface area contributed by atoms with Crippen molar-refractivity contribution >= 4 is 45.8 Å². The first-order valence-corrected chi connectivity index (χ1v) is 14.6. The van der Waals surface area contributed by atoms with E-state index in [1.807, 2.05) is 0 Å². The Morgan fingerprint density at radius 1 is 0.667 bits per heavy atom. The lowest BCUT2D eigenvalue weighted by molar-refractivity contribution is -0.137. The number of hydrogen-bond donors (Lipinski definition) is 4. The molecule has 0 aliphatic rings. The summed E-state index contributed by atoms with van der Waals surface area (Å²) in [6, 6.07) is 10.3. The van der Waals surface area contributed by atoms with Crippen molar-refractivity contribution in [2.45, 2.75) is 53.6 Å². The van der Waals surface area contributed by atoms with Gasteiger partial charge in [-0.15, -0.1) is 0 Å². The van der Waals surface area contributed by atoms with Crippen LogP contribution in [-0.4, -0.2) is 63.4 Å². The van der Waals surface area contributed by atoms with E-state index >= 15 is 0 Å². The molecule has 48 heavy (non-hydrogen) atoms. The topological polar surface area (TPSA) is 248 Å². The fourth-order valence-electron chi connectivity index (χ4n) is 5.53. The monoisotopic (exact) mass is 656 g/mol. The third-order valence-corrected chi connectivity index (χ3v) is 7.48. The van der Waals surface area contributed by atoms with Crippen LogP contribution in [0.25, 0.3) is 44.8 Å². The Morgan fingerprint density at radius 2 is 1.12 bits per heavy atom. The van der Waals surface area contributed by atoms with E-state index in [0.717, 1.165) is 0 Å². The van der Waals surface area contributed by atoms with E-state index in [1.54, 1.807) is 73.2 Å². The number of imidazole rings is 2. The maximum atomic E-state index is 11.5.